The molecule has 0 bridgehead atoms. The SMILES string of the molecule is COc1ccc(C(=O)N2CCN(c3cccc4[nH]c(=O)n(C)c(=O)c34)CC2)cc1OC. The van der Waals surface area contributed by atoms with E-state index in [1.165, 1.54) is 14.2 Å². The third-order valence-electron chi connectivity index (χ3n) is 5.65. The van der Waals surface area contributed by atoms with Crippen LogP contribution in [-0.2, 0) is 7.05 Å². The van der Waals surface area contributed by atoms with Crippen molar-refractivity contribution in [3.63, 3.8) is 0 Å². The summed E-state index contributed by atoms with van der Waals surface area (Å²) in [5, 5.41) is 0.476. The summed E-state index contributed by atoms with van der Waals surface area (Å²) in [5.74, 6) is 0.991. The number of hydrogen-bond donors (Lipinski definition) is 1. The number of methoxy groups -OCH3 is 2. The number of fused-ring (bicyclic) bond motifs is 1. The molecule has 31 heavy (non-hydrogen) atoms. The zero-order valence-corrected chi connectivity index (χ0v) is 17.7. The van der Waals surface area contributed by atoms with E-state index in [0.717, 1.165) is 10.3 Å². The van der Waals surface area contributed by atoms with Gasteiger partial charge in [0.2, 0.25) is 0 Å². The van der Waals surface area contributed by atoms with Crippen molar-refractivity contribution in [2.24, 2.45) is 7.05 Å². The van der Waals surface area contributed by atoms with Crippen molar-refractivity contribution < 1.29 is 14.3 Å². The first-order valence-electron chi connectivity index (χ1n) is 9.93. The van der Waals surface area contributed by atoms with Crippen LogP contribution in [0.25, 0.3) is 10.9 Å². The topological polar surface area (TPSA) is 96.9 Å². The van der Waals surface area contributed by atoms with Gasteiger partial charge in [0.05, 0.1) is 30.8 Å². The fourth-order valence-corrected chi connectivity index (χ4v) is 3.89. The second-order valence-corrected chi connectivity index (χ2v) is 7.34. The van der Waals surface area contributed by atoms with Crippen LogP contribution in [0.5, 0.6) is 11.5 Å². The number of amides is 1. The van der Waals surface area contributed by atoms with E-state index >= 15 is 0 Å². The summed E-state index contributed by atoms with van der Waals surface area (Å²) >= 11 is 0. The number of piperazine rings is 1. The zero-order chi connectivity index (χ0) is 22.1. The minimum Gasteiger partial charge on any atom is -0.493 e. The molecule has 2 aromatic carbocycles. The summed E-state index contributed by atoms with van der Waals surface area (Å²) in [5.41, 5.74) is 1.02. The third-order valence-corrected chi connectivity index (χ3v) is 5.65. The molecule has 0 radical (unpaired) electrons. The molecule has 0 spiro atoms. The van der Waals surface area contributed by atoms with Gasteiger partial charge in [0.25, 0.3) is 11.5 Å². The quantitative estimate of drug-likeness (QED) is 0.676. The number of rotatable bonds is 4. The third kappa shape index (κ3) is 3.63. The molecular formula is C22H24N4O5. The van der Waals surface area contributed by atoms with Crippen molar-refractivity contribution in [1.29, 1.82) is 0 Å². The van der Waals surface area contributed by atoms with Crippen LogP contribution in [0.15, 0.2) is 46.0 Å². The lowest BCUT2D eigenvalue weighted by Gasteiger charge is -2.36. The number of carbonyl (C=O) groups is 1. The second kappa shape index (κ2) is 8.17. The molecule has 0 atom stereocenters. The number of ether oxygens (including phenoxy) is 2. The van der Waals surface area contributed by atoms with Gasteiger partial charge in [-0.3, -0.25) is 14.2 Å². The minimum atomic E-state index is -0.444. The van der Waals surface area contributed by atoms with E-state index in [2.05, 4.69) is 9.88 Å². The lowest BCUT2D eigenvalue weighted by atomic mass is 10.1. The van der Waals surface area contributed by atoms with Crippen molar-refractivity contribution >= 4 is 22.5 Å². The second-order valence-electron chi connectivity index (χ2n) is 7.34. The summed E-state index contributed by atoms with van der Waals surface area (Å²) in [4.78, 5) is 44.2. The highest BCUT2D eigenvalue weighted by atomic mass is 16.5. The number of carbonyl (C=O) groups excluding carboxylic acids is 1. The summed E-state index contributed by atoms with van der Waals surface area (Å²) in [6.45, 7) is 2.15. The van der Waals surface area contributed by atoms with Gasteiger partial charge in [-0.15, -0.1) is 0 Å². The molecule has 2 heterocycles. The Kier molecular flexibility index (Phi) is 5.41. The maximum Gasteiger partial charge on any atom is 0.328 e. The van der Waals surface area contributed by atoms with Crippen LogP contribution < -0.4 is 25.6 Å². The lowest BCUT2D eigenvalue weighted by molar-refractivity contribution is 0.0746. The van der Waals surface area contributed by atoms with Gasteiger partial charge in [-0.25, -0.2) is 4.79 Å². The largest absolute Gasteiger partial charge is 0.493 e. The average molecular weight is 424 g/mol. The van der Waals surface area contributed by atoms with Crippen molar-refractivity contribution in [2.75, 3.05) is 45.3 Å². The maximum absolute atomic E-state index is 13.0. The summed E-state index contributed by atoms with van der Waals surface area (Å²) in [6.07, 6.45) is 0. The molecule has 1 aromatic heterocycles. The monoisotopic (exact) mass is 424 g/mol. The molecule has 1 fully saturated rings. The Labute approximate surface area is 178 Å². The number of nitrogens with one attached hydrogen (secondary N) is 1. The number of anilines is 1. The van der Waals surface area contributed by atoms with Crippen molar-refractivity contribution in [3.8, 4) is 11.5 Å². The van der Waals surface area contributed by atoms with Crippen LogP contribution in [-0.4, -0.2) is 60.8 Å². The fourth-order valence-electron chi connectivity index (χ4n) is 3.89. The first-order chi connectivity index (χ1) is 14.9. The molecule has 3 aromatic rings. The smallest absolute Gasteiger partial charge is 0.328 e. The molecule has 0 aliphatic carbocycles. The molecule has 9 heteroatoms. The normalized spacial score (nSPS) is 14.0. The first-order valence-corrected chi connectivity index (χ1v) is 9.93. The van der Waals surface area contributed by atoms with Crippen LogP contribution in [0.4, 0.5) is 5.69 Å². The standard InChI is InChI=1S/C22H24N4O5/c1-24-21(28)19-15(23-22(24)29)5-4-6-16(19)25-9-11-26(12-10-25)20(27)14-7-8-17(30-2)18(13-14)31-3/h4-8,13H,9-12H2,1-3H3,(H,23,29). The first kappa shape index (κ1) is 20.5. The number of H-pyrrole nitrogens is 1. The molecule has 9 nitrogen and oxygen atoms in total. The molecule has 1 aliphatic rings. The molecule has 4 rings (SSSR count). The van der Waals surface area contributed by atoms with Gasteiger partial charge in [-0.1, -0.05) is 6.07 Å². The highest BCUT2D eigenvalue weighted by molar-refractivity contribution is 5.95. The van der Waals surface area contributed by atoms with Crippen LogP contribution in [0.1, 0.15) is 10.4 Å². The van der Waals surface area contributed by atoms with Gasteiger partial charge < -0.3 is 24.3 Å². The molecule has 1 amide bonds. The van der Waals surface area contributed by atoms with Crippen LogP contribution in [0.2, 0.25) is 0 Å². The predicted octanol–water partition coefficient (Wildman–Crippen LogP) is 1.21. The van der Waals surface area contributed by atoms with Gasteiger partial charge in [0, 0.05) is 38.8 Å². The zero-order valence-electron chi connectivity index (χ0n) is 17.7. The Morgan fingerprint density at radius 3 is 2.35 bits per heavy atom. The van der Waals surface area contributed by atoms with Crippen molar-refractivity contribution in [2.45, 2.75) is 0 Å². The van der Waals surface area contributed by atoms with E-state index in [9.17, 15) is 14.4 Å². The lowest BCUT2D eigenvalue weighted by Crippen LogP contribution is -2.49. The molecule has 162 valence electrons. The number of benzene rings is 2. The molecule has 0 saturated carbocycles. The van der Waals surface area contributed by atoms with Gasteiger partial charge in [-0.05, 0) is 30.3 Å². The predicted molar refractivity (Wildman–Crippen MR) is 117 cm³/mol. The van der Waals surface area contributed by atoms with E-state index in [4.69, 9.17) is 9.47 Å². The van der Waals surface area contributed by atoms with Crippen LogP contribution in [0, 0.1) is 0 Å². The molecule has 1 N–H and O–H groups in total. The van der Waals surface area contributed by atoms with Crippen LogP contribution in [0.3, 0.4) is 0 Å². The van der Waals surface area contributed by atoms with E-state index in [1.54, 1.807) is 36.3 Å². The average Bonchev–Trinajstić information content (AvgIpc) is 2.81. The molecule has 1 aliphatic heterocycles. The fraction of sp³-hybridized carbons (Fsp3) is 0.318. The molecular weight excluding hydrogens is 400 g/mol. The van der Waals surface area contributed by atoms with Gasteiger partial charge in [-0.2, -0.15) is 0 Å². The summed E-state index contributed by atoms with van der Waals surface area (Å²) < 4.78 is 11.6. The van der Waals surface area contributed by atoms with E-state index in [0.29, 0.717) is 54.1 Å². The summed E-state index contributed by atoms with van der Waals surface area (Å²) in [6, 6.07) is 10.5. The Bertz CT molecular complexity index is 1250. The van der Waals surface area contributed by atoms with Crippen molar-refractivity contribution in [3.05, 3.63) is 62.8 Å². The number of hydrogen-bond acceptors (Lipinski definition) is 6. The Morgan fingerprint density at radius 2 is 1.68 bits per heavy atom. The summed E-state index contributed by atoms with van der Waals surface area (Å²) in [7, 11) is 4.54. The van der Waals surface area contributed by atoms with Gasteiger partial charge in [0.1, 0.15) is 0 Å². The maximum atomic E-state index is 13.0. The van der Waals surface area contributed by atoms with E-state index in [1.807, 2.05) is 12.1 Å². The highest BCUT2D eigenvalue weighted by Gasteiger charge is 2.25. The Morgan fingerprint density at radius 1 is 0.968 bits per heavy atom. The van der Waals surface area contributed by atoms with Crippen LogP contribution >= 0.6 is 0 Å². The Hall–Kier alpha value is -3.75. The van der Waals surface area contributed by atoms with E-state index in [-0.39, 0.29) is 11.5 Å². The number of aromatic amines is 1. The van der Waals surface area contributed by atoms with Crippen molar-refractivity contribution in [1.82, 2.24) is 14.5 Å². The molecule has 1 saturated heterocycles. The highest BCUT2D eigenvalue weighted by Crippen LogP contribution is 2.29. The van der Waals surface area contributed by atoms with Gasteiger partial charge >= 0.3 is 5.69 Å². The van der Waals surface area contributed by atoms with Gasteiger partial charge in [0.15, 0.2) is 11.5 Å². The minimum absolute atomic E-state index is 0.0845. The van der Waals surface area contributed by atoms with E-state index < -0.39 is 5.69 Å². The molecule has 0 unspecified atom stereocenters. The Balaban J connectivity index is 1.56. The number of aromatic nitrogens is 2. The number of nitrogens with zero attached hydrogens (tertiary/aromatic N) is 3.